The molecule has 4 rings (SSSR count). The molecule has 0 spiro atoms. The molecule has 0 bridgehead atoms. The smallest absolute Gasteiger partial charge is 0.249 e. The Bertz CT molecular complexity index is 1130. The number of aromatic nitrogens is 3. The molecule has 4 aromatic rings. The van der Waals surface area contributed by atoms with Gasteiger partial charge in [-0.25, -0.2) is 0 Å². The lowest BCUT2D eigenvalue weighted by atomic mass is 9.95. The van der Waals surface area contributed by atoms with Gasteiger partial charge in [-0.2, -0.15) is 5.10 Å². The molecule has 2 aromatic heterocycles. The van der Waals surface area contributed by atoms with E-state index < -0.39 is 5.91 Å². The van der Waals surface area contributed by atoms with Crippen LogP contribution >= 0.6 is 0 Å². The molecule has 2 heterocycles. The molecule has 1 amide bonds. The maximum atomic E-state index is 11.9. The molecule has 138 valence electrons. The van der Waals surface area contributed by atoms with E-state index in [0.717, 1.165) is 28.1 Å². The van der Waals surface area contributed by atoms with Crippen LogP contribution < -0.4 is 11.5 Å². The van der Waals surface area contributed by atoms with Gasteiger partial charge in [0.25, 0.3) is 0 Å². The first kappa shape index (κ1) is 17.5. The summed E-state index contributed by atoms with van der Waals surface area (Å²) < 4.78 is 1.83. The number of hydrogen-bond donors (Lipinski definition) is 2. The van der Waals surface area contributed by atoms with Crippen LogP contribution in [-0.2, 0) is 6.54 Å². The monoisotopic (exact) mass is 369 g/mol. The number of para-hydroxylation sites is 1. The molecule has 0 aliphatic rings. The van der Waals surface area contributed by atoms with Crippen molar-refractivity contribution >= 4 is 11.6 Å². The van der Waals surface area contributed by atoms with Crippen LogP contribution in [0.1, 0.15) is 15.9 Å². The minimum absolute atomic E-state index is 0.441. The standard InChI is InChI=1S/C22H19N5O/c23-19-6-2-1-5-16(19)18-13-15(8-9-17(18)22(24)28)14-27-12-10-21(26-27)20-7-3-4-11-25-20/h1-13H,14,23H2,(H2,24,28). The SMILES string of the molecule is NC(=O)c1ccc(Cn2ccc(-c3ccccn3)n2)cc1-c1ccccc1N. The highest BCUT2D eigenvalue weighted by Gasteiger charge is 2.13. The molecule has 2 aromatic carbocycles. The summed E-state index contributed by atoms with van der Waals surface area (Å²) in [6.45, 7) is 0.547. The van der Waals surface area contributed by atoms with Crippen molar-refractivity contribution in [1.82, 2.24) is 14.8 Å². The Labute approximate surface area is 162 Å². The largest absolute Gasteiger partial charge is 0.398 e. The van der Waals surface area contributed by atoms with Gasteiger partial charge in [0, 0.05) is 29.2 Å². The van der Waals surface area contributed by atoms with Crippen LogP contribution in [0.25, 0.3) is 22.5 Å². The number of rotatable bonds is 5. The molecule has 0 atom stereocenters. The summed E-state index contributed by atoms with van der Waals surface area (Å²) in [5.74, 6) is -0.485. The zero-order chi connectivity index (χ0) is 19.5. The molecule has 0 fully saturated rings. The van der Waals surface area contributed by atoms with E-state index in [-0.39, 0.29) is 0 Å². The lowest BCUT2D eigenvalue weighted by Crippen LogP contribution is -2.13. The third-order valence-corrected chi connectivity index (χ3v) is 4.51. The fourth-order valence-electron chi connectivity index (χ4n) is 3.16. The minimum Gasteiger partial charge on any atom is -0.398 e. The number of anilines is 1. The van der Waals surface area contributed by atoms with Crippen LogP contribution in [0, 0.1) is 0 Å². The second-order valence-electron chi connectivity index (χ2n) is 6.44. The van der Waals surface area contributed by atoms with Crippen molar-refractivity contribution in [2.24, 2.45) is 5.73 Å². The maximum absolute atomic E-state index is 11.9. The normalized spacial score (nSPS) is 10.7. The summed E-state index contributed by atoms with van der Waals surface area (Å²) in [7, 11) is 0. The minimum atomic E-state index is -0.485. The first-order chi connectivity index (χ1) is 13.6. The van der Waals surface area contributed by atoms with Gasteiger partial charge in [0.1, 0.15) is 5.69 Å². The first-order valence-electron chi connectivity index (χ1n) is 8.84. The van der Waals surface area contributed by atoms with Crippen molar-refractivity contribution in [3.05, 3.63) is 90.3 Å². The van der Waals surface area contributed by atoms with E-state index in [4.69, 9.17) is 11.5 Å². The number of carbonyl (C=O) groups is 1. The molecule has 0 saturated heterocycles. The Kier molecular flexibility index (Phi) is 4.60. The second kappa shape index (κ2) is 7.36. The van der Waals surface area contributed by atoms with E-state index in [9.17, 15) is 4.79 Å². The Morgan fingerprint density at radius 2 is 1.75 bits per heavy atom. The van der Waals surface area contributed by atoms with Gasteiger partial charge < -0.3 is 11.5 Å². The number of carbonyl (C=O) groups excluding carboxylic acids is 1. The van der Waals surface area contributed by atoms with Crippen molar-refractivity contribution < 1.29 is 4.79 Å². The van der Waals surface area contributed by atoms with Crippen LogP contribution in [0.5, 0.6) is 0 Å². The molecule has 4 N–H and O–H groups in total. The summed E-state index contributed by atoms with van der Waals surface area (Å²) in [4.78, 5) is 16.2. The Morgan fingerprint density at radius 1 is 0.929 bits per heavy atom. The van der Waals surface area contributed by atoms with E-state index in [1.807, 2.05) is 65.5 Å². The molecule has 6 heteroatoms. The van der Waals surface area contributed by atoms with Crippen LogP contribution in [0.2, 0.25) is 0 Å². The average molecular weight is 369 g/mol. The molecule has 0 saturated carbocycles. The summed E-state index contributed by atoms with van der Waals surface area (Å²) in [5.41, 5.74) is 16.8. The lowest BCUT2D eigenvalue weighted by Gasteiger charge is -2.12. The molecule has 0 aliphatic carbocycles. The number of pyridine rings is 1. The van der Waals surface area contributed by atoms with Crippen LogP contribution in [0.4, 0.5) is 5.69 Å². The molecular weight excluding hydrogens is 350 g/mol. The van der Waals surface area contributed by atoms with Crippen molar-refractivity contribution in [1.29, 1.82) is 0 Å². The van der Waals surface area contributed by atoms with Crippen molar-refractivity contribution in [2.45, 2.75) is 6.54 Å². The number of nitrogens with two attached hydrogens (primary N) is 2. The van der Waals surface area contributed by atoms with Crippen LogP contribution in [-0.4, -0.2) is 20.7 Å². The highest BCUT2D eigenvalue weighted by Crippen LogP contribution is 2.30. The van der Waals surface area contributed by atoms with Gasteiger partial charge in [0.15, 0.2) is 0 Å². The third-order valence-electron chi connectivity index (χ3n) is 4.51. The lowest BCUT2D eigenvalue weighted by molar-refractivity contribution is 0.100. The number of primary amides is 1. The van der Waals surface area contributed by atoms with Gasteiger partial charge in [0.05, 0.1) is 12.2 Å². The third kappa shape index (κ3) is 3.48. The fourth-order valence-corrected chi connectivity index (χ4v) is 3.16. The topological polar surface area (TPSA) is 99.8 Å². The Morgan fingerprint density at radius 3 is 2.50 bits per heavy atom. The fraction of sp³-hybridized carbons (Fsp3) is 0.0455. The number of nitrogen functional groups attached to an aromatic ring is 1. The van der Waals surface area contributed by atoms with Gasteiger partial charge in [-0.15, -0.1) is 0 Å². The summed E-state index contributed by atoms with van der Waals surface area (Å²) in [6, 6.07) is 20.6. The average Bonchev–Trinajstić information content (AvgIpc) is 3.17. The zero-order valence-electron chi connectivity index (χ0n) is 15.1. The van der Waals surface area contributed by atoms with Gasteiger partial charge >= 0.3 is 0 Å². The predicted molar refractivity (Wildman–Crippen MR) is 109 cm³/mol. The summed E-state index contributed by atoms with van der Waals surface area (Å²) in [5, 5.41) is 4.59. The zero-order valence-corrected chi connectivity index (χ0v) is 15.1. The second-order valence-corrected chi connectivity index (χ2v) is 6.44. The van der Waals surface area contributed by atoms with Crippen LogP contribution in [0.3, 0.4) is 0 Å². The van der Waals surface area contributed by atoms with E-state index in [1.54, 1.807) is 18.3 Å². The van der Waals surface area contributed by atoms with Crippen molar-refractivity contribution in [3.63, 3.8) is 0 Å². The molecule has 0 unspecified atom stereocenters. The molecule has 0 radical (unpaired) electrons. The predicted octanol–water partition coefficient (Wildman–Crippen LogP) is 3.34. The summed E-state index contributed by atoms with van der Waals surface area (Å²) >= 11 is 0. The van der Waals surface area contributed by atoms with Gasteiger partial charge in [-0.05, 0) is 47.5 Å². The molecular formula is C22H19N5O. The van der Waals surface area contributed by atoms with Crippen LogP contribution in [0.15, 0.2) is 79.1 Å². The van der Waals surface area contributed by atoms with Crippen molar-refractivity contribution in [3.8, 4) is 22.5 Å². The molecule has 0 aliphatic heterocycles. The Hall–Kier alpha value is -3.93. The number of amides is 1. The highest BCUT2D eigenvalue weighted by molar-refractivity contribution is 6.01. The molecule has 28 heavy (non-hydrogen) atoms. The van der Waals surface area contributed by atoms with E-state index in [0.29, 0.717) is 17.8 Å². The quantitative estimate of drug-likeness (QED) is 0.527. The first-order valence-corrected chi connectivity index (χ1v) is 8.84. The molecule has 6 nitrogen and oxygen atoms in total. The number of nitrogens with zero attached hydrogens (tertiary/aromatic N) is 3. The van der Waals surface area contributed by atoms with Gasteiger partial charge in [-0.3, -0.25) is 14.5 Å². The highest BCUT2D eigenvalue weighted by atomic mass is 16.1. The number of benzene rings is 2. The van der Waals surface area contributed by atoms with E-state index in [2.05, 4.69) is 10.1 Å². The number of hydrogen-bond acceptors (Lipinski definition) is 4. The van der Waals surface area contributed by atoms with E-state index >= 15 is 0 Å². The Balaban J connectivity index is 1.68. The van der Waals surface area contributed by atoms with Gasteiger partial charge in [0.2, 0.25) is 5.91 Å². The van der Waals surface area contributed by atoms with E-state index in [1.165, 1.54) is 0 Å². The summed E-state index contributed by atoms with van der Waals surface area (Å²) in [6.07, 6.45) is 3.65. The van der Waals surface area contributed by atoms with Crippen molar-refractivity contribution in [2.75, 3.05) is 5.73 Å². The maximum Gasteiger partial charge on any atom is 0.249 e. The van der Waals surface area contributed by atoms with Gasteiger partial charge in [-0.1, -0.05) is 30.3 Å².